The second kappa shape index (κ2) is 6.23. The predicted octanol–water partition coefficient (Wildman–Crippen LogP) is 1.16. The normalized spacial score (nSPS) is 12.0. The molecule has 1 aromatic rings. The largest absolute Gasteiger partial charge is 0.481 e. The van der Waals surface area contributed by atoms with Crippen molar-refractivity contribution in [2.24, 2.45) is 10.6 Å². The minimum absolute atomic E-state index is 0.00109. The minimum Gasteiger partial charge on any atom is -0.481 e. The number of anilines is 1. The number of aliphatic carboxylic acids is 1. The third-order valence-electron chi connectivity index (χ3n) is 2.72. The number of carboxylic acids is 1. The third-order valence-corrected chi connectivity index (χ3v) is 3.63. The molecule has 1 amide bonds. The maximum Gasteiger partial charge on any atom is 0.303 e. The monoisotopic (exact) mass is 314 g/mol. The number of amides is 1. The van der Waals surface area contributed by atoms with E-state index in [-0.39, 0.29) is 23.4 Å². The van der Waals surface area contributed by atoms with Crippen LogP contribution in [0.15, 0.2) is 29.2 Å². The number of carboxylic acid groups (broad SMARTS) is 1. The summed E-state index contributed by atoms with van der Waals surface area (Å²) >= 11 is 0. The van der Waals surface area contributed by atoms with Gasteiger partial charge in [0.2, 0.25) is 15.9 Å². The van der Waals surface area contributed by atoms with Crippen molar-refractivity contribution in [1.82, 2.24) is 0 Å². The lowest BCUT2D eigenvalue weighted by atomic mass is 9.85. The first-order chi connectivity index (χ1) is 9.49. The Labute approximate surface area is 123 Å². The Morgan fingerprint density at radius 2 is 1.90 bits per heavy atom. The van der Waals surface area contributed by atoms with Gasteiger partial charge in [0, 0.05) is 12.1 Å². The van der Waals surface area contributed by atoms with Crippen LogP contribution in [0.25, 0.3) is 0 Å². The molecule has 0 heterocycles. The summed E-state index contributed by atoms with van der Waals surface area (Å²) < 4.78 is 22.4. The number of hydrogen-bond donors (Lipinski definition) is 3. The molecule has 1 aromatic carbocycles. The van der Waals surface area contributed by atoms with Gasteiger partial charge < -0.3 is 10.4 Å². The van der Waals surface area contributed by atoms with E-state index in [0.717, 1.165) is 0 Å². The minimum atomic E-state index is -3.84. The van der Waals surface area contributed by atoms with Crippen molar-refractivity contribution in [2.45, 2.75) is 31.6 Å². The van der Waals surface area contributed by atoms with Crippen LogP contribution < -0.4 is 10.5 Å². The van der Waals surface area contributed by atoms with Gasteiger partial charge in [-0.1, -0.05) is 19.9 Å². The predicted molar refractivity (Wildman–Crippen MR) is 77.1 cm³/mol. The molecule has 0 aromatic heterocycles. The van der Waals surface area contributed by atoms with E-state index >= 15 is 0 Å². The Bertz CT molecular complexity index is 652. The number of nitrogens with two attached hydrogens (primary N) is 1. The molecule has 0 saturated carbocycles. The molecule has 1 rings (SSSR count). The Morgan fingerprint density at radius 1 is 1.29 bits per heavy atom. The van der Waals surface area contributed by atoms with E-state index in [1.807, 2.05) is 0 Å². The quantitative estimate of drug-likeness (QED) is 0.726. The summed E-state index contributed by atoms with van der Waals surface area (Å²) in [6.45, 7) is 3.34. The van der Waals surface area contributed by atoms with Crippen LogP contribution >= 0.6 is 0 Å². The molecule has 4 N–H and O–H groups in total. The topological polar surface area (TPSA) is 127 Å². The second-order valence-corrected chi connectivity index (χ2v) is 7.09. The average molecular weight is 314 g/mol. The zero-order valence-electron chi connectivity index (χ0n) is 11.8. The van der Waals surface area contributed by atoms with Crippen LogP contribution in [0.2, 0.25) is 0 Å². The van der Waals surface area contributed by atoms with Crippen molar-refractivity contribution in [3.63, 3.8) is 0 Å². The first-order valence-electron chi connectivity index (χ1n) is 6.14. The molecule has 0 radical (unpaired) electrons. The van der Waals surface area contributed by atoms with Gasteiger partial charge in [-0.2, -0.15) is 0 Å². The van der Waals surface area contributed by atoms with Gasteiger partial charge in [0.1, 0.15) is 0 Å². The molecule has 21 heavy (non-hydrogen) atoms. The summed E-state index contributed by atoms with van der Waals surface area (Å²) in [5.74, 6) is -1.38. The highest BCUT2D eigenvalue weighted by molar-refractivity contribution is 7.89. The molecule has 0 unspecified atom stereocenters. The van der Waals surface area contributed by atoms with Gasteiger partial charge in [0.25, 0.3) is 0 Å². The van der Waals surface area contributed by atoms with Gasteiger partial charge >= 0.3 is 5.97 Å². The van der Waals surface area contributed by atoms with Crippen LogP contribution in [-0.4, -0.2) is 25.4 Å². The standard InChI is InChI=1S/C13H18N2O5S/c1-13(2,8-12(17)18)7-11(16)15-9-4-3-5-10(6-9)21(14,19)20/h3-6H,7-8H2,1-2H3,(H,15,16)(H,17,18)(H2,14,19,20). The lowest BCUT2D eigenvalue weighted by Crippen LogP contribution is -2.25. The number of rotatable bonds is 6. The van der Waals surface area contributed by atoms with E-state index in [2.05, 4.69) is 5.32 Å². The van der Waals surface area contributed by atoms with Crippen LogP contribution in [0.4, 0.5) is 5.69 Å². The average Bonchev–Trinajstić information content (AvgIpc) is 2.24. The number of sulfonamides is 1. The summed E-state index contributed by atoms with van der Waals surface area (Å²) in [5.41, 5.74) is -0.411. The first kappa shape index (κ1) is 17.1. The fourth-order valence-electron chi connectivity index (χ4n) is 1.86. The molecule has 0 saturated heterocycles. The van der Waals surface area contributed by atoms with Crippen molar-refractivity contribution in [3.05, 3.63) is 24.3 Å². The number of primary sulfonamides is 1. The molecule has 7 nitrogen and oxygen atoms in total. The first-order valence-corrected chi connectivity index (χ1v) is 7.69. The van der Waals surface area contributed by atoms with E-state index in [1.165, 1.54) is 24.3 Å². The number of hydrogen-bond acceptors (Lipinski definition) is 4. The van der Waals surface area contributed by atoms with Gasteiger partial charge in [0.15, 0.2) is 0 Å². The smallest absolute Gasteiger partial charge is 0.303 e. The molecule has 8 heteroatoms. The van der Waals surface area contributed by atoms with Crippen LogP contribution in [0, 0.1) is 5.41 Å². The summed E-state index contributed by atoms with van der Waals surface area (Å²) in [4.78, 5) is 22.5. The number of carbonyl (C=O) groups is 2. The Balaban J connectivity index is 2.78. The van der Waals surface area contributed by atoms with Gasteiger partial charge in [-0.05, 0) is 23.6 Å². The SMILES string of the molecule is CC(C)(CC(=O)O)CC(=O)Nc1cccc(S(N)(=O)=O)c1. The van der Waals surface area contributed by atoms with Crippen molar-refractivity contribution in [2.75, 3.05) is 5.32 Å². The van der Waals surface area contributed by atoms with Crippen molar-refractivity contribution in [3.8, 4) is 0 Å². The van der Waals surface area contributed by atoms with Gasteiger partial charge in [-0.25, -0.2) is 13.6 Å². The lowest BCUT2D eigenvalue weighted by molar-refractivity contribution is -0.139. The summed E-state index contributed by atoms with van der Waals surface area (Å²) in [6.07, 6.45) is -0.142. The zero-order valence-corrected chi connectivity index (χ0v) is 12.6. The Hall–Kier alpha value is -1.93. The zero-order chi connectivity index (χ0) is 16.3. The van der Waals surface area contributed by atoms with Crippen molar-refractivity contribution < 1.29 is 23.1 Å². The maximum atomic E-state index is 11.9. The lowest BCUT2D eigenvalue weighted by Gasteiger charge is -2.21. The fraction of sp³-hybridized carbons (Fsp3) is 0.385. The van der Waals surface area contributed by atoms with Crippen molar-refractivity contribution in [1.29, 1.82) is 0 Å². The Morgan fingerprint density at radius 3 is 2.43 bits per heavy atom. The second-order valence-electron chi connectivity index (χ2n) is 5.53. The molecule has 116 valence electrons. The maximum absolute atomic E-state index is 11.9. The van der Waals surface area contributed by atoms with E-state index in [4.69, 9.17) is 10.2 Å². The summed E-state index contributed by atoms with van der Waals surface area (Å²) in [7, 11) is -3.84. The fourth-order valence-corrected chi connectivity index (χ4v) is 2.42. The molecular weight excluding hydrogens is 296 g/mol. The third kappa shape index (κ3) is 5.92. The molecule has 0 aliphatic carbocycles. The van der Waals surface area contributed by atoms with Crippen LogP contribution in [0.3, 0.4) is 0 Å². The van der Waals surface area contributed by atoms with Crippen molar-refractivity contribution >= 4 is 27.6 Å². The number of benzene rings is 1. The molecule has 0 fully saturated rings. The van der Waals surface area contributed by atoms with Crippen LogP contribution in [0.5, 0.6) is 0 Å². The molecular formula is C13H18N2O5S. The number of carbonyl (C=O) groups excluding carboxylic acids is 1. The highest BCUT2D eigenvalue weighted by Gasteiger charge is 2.25. The summed E-state index contributed by atoms with van der Waals surface area (Å²) in [5, 5.41) is 16.3. The molecule has 0 atom stereocenters. The van der Waals surface area contributed by atoms with Gasteiger partial charge in [-0.15, -0.1) is 0 Å². The highest BCUT2D eigenvalue weighted by atomic mass is 32.2. The summed E-state index contributed by atoms with van der Waals surface area (Å²) in [6, 6.07) is 5.55. The van der Waals surface area contributed by atoms with E-state index in [1.54, 1.807) is 13.8 Å². The Kier molecular flexibility index (Phi) is 5.08. The van der Waals surface area contributed by atoms with E-state index < -0.39 is 27.3 Å². The number of nitrogens with one attached hydrogen (secondary N) is 1. The van der Waals surface area contributed by atoms with Crippen LogP contribution in [0.1, 0.15) is 26.7 Å². The van der Waals surface area contributed by atoms with Gasteiger partial charge in [0.05, 0.1) is 11.3 Å². The molecule has 0 spiro atoms. The molecule has 0 aliphatic heterocycles. The molecule has 0 aliphatic rings. The molecule has 0 bridgehead atoms. The van der Waals surface area contributed by atoms with Gasteiger partial charge in [-0.3, -0.25) is 9.59 Å². The van der Waals surface area contributed by atoms with Crippen LogP contribution in [-0.2, 0) is 19.6 Å². The highest BCUT2D eigenvalue weighted by Crippen LogP contribution is 2.25. The van der Waals surface area contributed by atoms with E-state index in [9.17, 15) is 18.0 Å². The van der Waals surface area contributed by atoms with E-state index in [0.29, 0.717) is 0 Å².